The van der Waals surface area contributed by atoms with E-state index in [1.807, 2.05) is 0 Å². The predicted octanol–water partition coefficient (Wildman–Crippen LogP) is 7.21. The molecule has 0 aromatic carbocycles. The van der Waals surface area contributed by atoms with Crippen LogP contribution in [0.1, 0.15) is 97.8 Å². The summed E-state index contributed by atoms with van der Waals surface area (Å²) in [5.74, 6) is 0. The van der Waals surface area contributed by atoms with Gasteiger partial charge >= 0.3 is 0 Å². The molecule has 0 bridgehead atoms. The van der Waals surface area contributed by atoms with Crippen molar-refractivity contribution in [3.8, 4) is 0 Å². The Balaban J connectivity index is 3.66. The van der Waals surface area contributed by atoms with Gasteiger partial charge in [-0.05, 0) is 37.7 Å². The van der Waals surface area contributed by atoms with Gasteiger partial charge < -0.3 is 0 Å². The van der Waals surface area contributed by atoms with Crippen molar-refractivity contribution in [2.45, 2.75) is 97.8 Å². The van der Waals surface area contributed by atoms with Crippen molar-refractivity contribution in [2.24, 2.45) is 0 Å². The lowest BCUT2D eigenvalue weighted by Crippen LogP contribution is -1.97. The van der Waals surface area contributed by atoms with Crippen LogP contribution in [0.3, 0.4) is 0 Å². The fraction of sp³-hybridized carbons (Fsp3) is 1.00. The van der Waals surface area contributed by atoms with Gasteiger partial charge in [-0.25, -0.2) is 0 Å². The van der Waals surface area contributed by atoms with Crippen LogP contribution in [0.5, 0.6) is 0 Å². The van der Waals surface area contributed by atoms with Crippen LogP contribution in [0.4, 0.5) is 0 Å². The van der Waals surface area contributed by atoms with Crippen molar-refractivity contribution in [1.29, 1.82) is 0 Å². The maximum atomic E-state index is 2.32. The van der Waals surface area contributed by atoms with Crippen LogP contribution in [0.2, 0.25) is 0 Å². The van der Waals surface area contributed by atoms with Crippen LogP contribution in [0.25, 0.3) is 0 Å². The first-order valence-corrected chi connectivity index (χ1v) is 11.0. The first-order chi connectivity index (χ1) is 9.35. The lowest BCUT2D eigenvalue weighted by atomic mass is 10.2. The van der Waals surface area contributed by atoms with Gasteiger partial charge in [0, 0.05) is 0 Å². The zero-order valence-corrected chi connectivity index (χ0v) is 14.9. The van der Waals surface area contributed by atoms with E-state index in [9.17, 15) is 0 Å². The summed E-state index contributed by atoms with van der Waals surface area (Å²) in [4.78, 5) is 0. The summed E-state index contributed by atoms with van der Waals surface area (Å²) < 4.78 is 0. The molecule has 0 N–H and O–H groups in total. The van der Waals surface area contributed by atoms with E-state index in [2.05, 4.69) is 20.8 Å². The van der Waals surface area contributed by atoms with Gasteiger partial charge in [-0.15, -0.1) is 7.92 Å². The van der Waals surface area contributed by atoms with Crippen molar-refractivity contribution in [3.05, 3.63) is 0 Å². The van der Waals surface area contributed by atoms with E-state index >= 15 is 0 Å². The molecule has 0 aromatic heterocycles. The fourth-order valence-corrected chi connectivity index (χ4v) is 5.31. The Kier molecular flexibility index (Phi) is 16.9. The van der Waals surface area contributed by atoms with E-state index in [1.165, 1.54) is 77.0 Å². The molecule has 0 spiro atoms. The highest BCUT2D eigenvalue weighted by Gasteiger charge is 2.07. The van der Waals surface area contributed by atoms with E-state index in [-0.39, 0.29) is 0 Å². The van der Waals surface area contributed by atoms with Gasteiger partial charge in [0.15, 0.2) is 0 Å². The van der Waals surface area contributed by atoms with Gasteiger partial charge in [-0.2, -0.15) is 0 Å². The Morgan fingerprint density at radius 2 is 0.737 bits per heavy atom. The van der Waals surface area contributed by atoms with Gasteiger partial charge in [0.05, 0.1) is 0 Å². The monoisotopic (exact) mass is 286 g/mol. The quantitative estimate of drug-likeness (QED) is 0.220. The molecule has 0 saturated heterocycles. The SMILES string of the molecule is CCCCCCP(CCCCCC)CCCCCC. The minimum absolute atomic E-state index is 0.389. The molecule has 0 heterocycles. The highest BCUT2D eigenvalue weighted by molar-refractivity contribution is 7.57. The van der Waals surface area contributed by atoms with E-state index in [4.69, 9.17) is 0 Å². The lowest BCUT2D eigenvalue weighted by Gasteiger charge is -2.17. The summed E-state index contributed by atoms with van der Waals surface area (Å²) in [5.41, 5.74) is 0. The van der Waals surface area contributed by atoms with Crippen molar-refractivity contribution in [2.75, 3.05) is 18.5 Å². The Morgan fingerprint density at radius 1 is 0.421 bits per heavy atom. The standard InChI is InChI=1S/C18H39P/c1-4-7-10-13-16-19(17-14-11-8-5-2)18-15-12-9-6-3/h4-18H2,1-3H3. The van der Waals surface area contributed by atoms with Crippen LogP contribution in [-0.2, 0) is 0 Å². The first kappa shape index (κ1) is 19.4. The third-order valence-corrected chi connectivity index (χ3v) is 6.83. The summed E-state index contributed by atoms with van der Waals surface area (Å²) in [6.07, 6.45) is 22.2. The molecule has 0 fully saturated rings. The minimum Gasteiger partial charge on any atom is -0.107 e. The van der Waals surface area contributed by atoms with E-state index in [0.29, 0.717) is 7.92 Å². The summed E-state index contributed by atoms with van der Waals surface area (Å²) in [5, 5.41) is 0. The minimum atomic E-state index is 0.389. The molecular formula is C18H39P. The fourth-order valence-electron chi connectivity index (χ4n) is 2.62. The van der Waals surface area contributed by atoms with E-state index < -0.39 is 0 Å². The van der Waals surface area contributed by atoms with Crippen LogP contribution < -0.4 is 0 Å². The predicted molar refractivity (Wildman–Crippen MR) is 93.9 cm³/mol. The third kappa shape index (κ3) is 14.6. The zero-order chi connectivity index (χ0) is 14.2. The van der Waals surface area contributed by atoms with Gasteiger partial charge in [0.1, 0.15) is 0 Å². The zero-order valence-electron chi connectivity index (χ0n) is 14.1. The molecule has 0 atom stereocenters. The van der Waals surface area contributed by atoms with Crippen molar-refractivity contribution in [1.82, 2.24) is 0 Å². The van der Waals surface area contributed by atoms with Crippen molar-refractivity contribution >= 4 is 7.92 Å². The number of hydrogen-bond donors (Lipinski definition) is 0. The largest absolute Gasteiger partial charge is 0.107 e. The summed E-state index contributed by atoms with van der Waals surface area (Å²) >= 11 is 0. The molecule has 0 nitrogen and oxygen atoms in total. The number of rotatable bonds is 15. The van der Waals surface area contributed by atoms with E-state index in [1.54, 1.807) is 18.5 Å². The number of unbranched alkanes of at least 4 members (excludes halogenated alkanes) is 9. The molecule has 0 amide bonds. The van der Waals surface area contributed by atoms with Gasteiger partial charge in [0.2, 0.25) is 0 Å². The van der Waals surface area contributed by atoms with Crippen LogP contribution in [0, 0.1) is 0 Å². The van der Waals surface area contributed by atoms with Crippen LogP contribution in [-0.4, -0.2) is 18.5 Å². The summed E-state index contributed by atoms with van der Waals surface area (Å²) in [6.45, 7) is 6.95. The van der Waals surface area contributed by atoms with Crippen LogP contribution in [0.15, 0.2) is 0 Å². The smallest absolute Gasteiger partial charge is 0.0326 e. The molecule has 0 aliphatic carbocycles. The molecule has 0 radical (unpaired) electrons. The summed E-state index contributed by atoms with van der Waals surface area (Å²) in [7, 11) is 0.389. The Hall–Kier alpha value is 0.430. The summed E-state index contributed by atoms with van der Waals surface area (Å²) in [6, 6.07) is 0. The van der Waals surface area contributed by atoms with Crippen LogP contribution >= 0.6 is 7.92 Å². The van der Waals surface area contributed by atoms with Crippen molar-refractivity contribution in [3.63, 3.8) is 0 Å². The van der Waals surface area contributed by atoms with Gasteiger partial charge in [-0.1, -0.05) is 78.6 Å². The van der Waals surface area contributed by atoms with E-state index in [0.717, 1.165) is 0 Å². The second-order valence-corrected chi connectivity index (χ2v) is 8.71. The maximum absolute atomic E-state index is 2.32. The highest BCUT2D eigenvalue weighted by Crippen LogP contribution is 2.39. The van der Waals surface area contributed by atoms with Gasteiger partial charge in [-0.3, -0.25) is 0 Å². The number of hydrogen-bond acceptors (Lipinski definition) is 0. The third-order valence-electron chi connectivity index (χ3n) is 3.98. The molecule has 1 heteroatoms. The topological polar surface area (TPSA) is 0 Å². The molecule has 0 aliphatic heterocycles. The molecule has 0 rings (SSSR count). The lowest BCUT2D eigenvalue weighted by molar-refractivity contribution is 0.687. The molecule has 0 unspecified atom stereocenters. The van der Waals surface area contributed by atoms with Crippen molar-refractivity contribution < 1.29 is 0 Å². The molecule has 116 valence electrons. The molecule has 0 saturated carbocycles. The Morgan fingerprint density at radius 3 is 1.00 bits per heavy atom. The average molecular weight is 286 g/mol. The molecule has 0 aromatic rings. The first-order valence-electron chi connectivity index (χ1n) is 9.07. The van der Waals surface area contributed by atoms with Gasteiger partial charge in [0.25, 0.3) is 0 Å². The Bertz CT molecular complexity index is 127. The molecule has 19 heavy (non-hydrogen) atoms. The second-order valence-electron chi connectivity index (χ2n) is 6.02. The molecular weight excluding hydrogens is 247 g/mol. The normalized spacial score (nSPS) is 11.4. The average Bonchev–Trinajstić information content (AvgIpc) is 2.43. The maximum Gasteiger partial charge on any atom is -0.0326 e. The highest BCUT2D eigenvalue weighted by atomic mass is 31.1. The second kappa shape index (κ2) is 16.5. The molecule has 0 aliphatic rings. The Labute approximate surface area is 124 Å².